The predicted octanol–water partition coefficient (Wildman–Crippen LogP) is 3.54. The van der Waals surface area contributed by atoms with E-state index in [0.717, 1.165) is 24.5 Å². The van der Waals surface area contributed by atoms with Crippen molar-refractivity contribution >= 4 is 0 Å². The fourth-order valence-electron chi connectivity index (χ4n) is 3.11. The van der Waals surface area contributed by atoms with Gasteiger partial charge < -0.3 is 10.2 Å². The van der Waals surface area contributed by atoms with Gasteiger partial charge in [-0.25, -0.2) is 8.78 Å². The quantitative estimate of drug-likeness (QED) is 0.909. The van der Waals surface area contributed by atoms with E-state index in [1.807, 2.05) is 4.90 Å². The zero-order valence-electron chi connectivity index (χ0n) is 12.6. The van der Waals surface area contributed by atoms with Crippen LogP contribution in [-0.4, -0.2) is 28.2 Å². The van der Waals surface area contributed by atoms with Gasteiger partial charge in [-0.1, -0.05) is 18.2 Å². The van der Waals surface area contributed by atoms with Gasteiger partial charge in [0, 0.05) is 13.1 Å². The largest absolute Gasteiger partial charge is 0.505 e. The maximum Gasteiger partial charge on any atom is 0.165 e. The Morgan fingerprint density at radius 3 is 2.26 bits per heavy atom. The zero-order chi connectivity index (χ0) is 16.4. The van der Waals surface area contributed by atoms with Gasteiger partial charge in [0.05, 0.1) is 0 Å². The second-order valence-electron chi connectivity index (χ2n) is 5.95. The lowest BCUT2D eigenvalue weighted by atomic mass is 9.89. The number of hydrogen-bond donors (Lipinski definition) is 2. The summed E-state index contributed by atoms with van der Waals surface area (Å²) in [6, 6.07) is 10.5. The van der Waals surface area contributed by atoms with Crippen molar-refractivity contribution in [3.8, 4) is 5.75 Å². The second-order valence-corrected chi connectivity index (χ2v) is 5.95. The first-order valence-electron chi connectivity index (χ1n) is 7.70. The maximum absolute atomic E-state index is 13.4. The van der Waals surface area contributed by atoms with Crippen LogP contribution in [0, 0.1) is 11.6 Å². The third kappa shape index (κ3) is 3.51. The summed E-state index contributed by atoms with van der Waals surface area (Å²) in [6.45, 7) is 1.34. The number of piperidine rings is 1. The van der Waals surface area contributed by atoms with Crippen molar-refractivity contribution < 1.29 is 19.0 Å². The van der Waals surface area contributed by atoms with Gasteiger partial charge in [-0.2, -0.15) is 0 Å². The fourth-order valence-corrected chi connectivity index (χ4v) is 3.11. The lowest BCUT2D eigenvalue weighted by molar-refractivity contribution is -0.0134. The first kappa shape index (κ1) is 15.9. The van der Waals surface area contributed by atoms with Crippen LogP contribution in [-0.2, 0) is 0 Å². The molecule has 1 heterocycles. The number of benzene rings is 2. The molecule has 1 aliphatic rings. The molecule has 1 aliphatic heterocycles. The molecular formula is C18H19F2NO2. The number of rotatable bonds is 3. The van der Waals surface area contributed by atoms with Crippen LogP contribution in [0.5, 0.6) is 5.75 Å². The maximum atomic E-state index is 13.4. The second kappa shape index (κ2) is 6.64. The lowest BCUT2D eigenvalue weighted by Crippen LogP contribution is -2.36. The Hall–Kier alpha value is -1.98. The Morgan fingerprint density at radius 2 is 1.65 bits per heavy atom. The van der Waals surface area contributed by atoms with Gasteiger partial charge in [0.25, 0.3) is 0 Å². The molecule has 1 atom stereocenters. The van der Waals surface area contributed by atoms with E-state index in [9.17, 15) is 19.0 Å². The number of aromatic hydroxyl groups is 1. The van der Waals surface area contributed by atoms with E-state index in [4.69, 9.17) is 0 Å². The van der Waals surface area contributed by atoms with Gasteiger partial charge in [-0.3, -0.25) is 4.90 Å². The summed E-state index contributed by atoms with van der Waals surface area (Å²) in [5, 5.41) is 19.6. The van der Waals surface area contributed by atoms with Crippen LogP contribution in [0.4, 0.5) is 8.78 Å². The molecule has 0 saturated carbocycles. The minimum absolute atomic E-state index is 0.240. The summed E-state index contributed by atoms with van der Waals surface area (Å²) < 4.78 is 26.4. The third-order valence-electron chi connectivity index (χ3n) is 4.49. The van der Waals surface area contributed by atoms with Gasteiger partial charge in [-0.05, 0) is 54.2 Å². The molecule has 2 aromatic rings. The number of halogens is 2. The molecule has 23 heavy (non-hydrogen) atoms. The molecule has 0 aromatic heterocycles. The Kier molecular flexibility index (Phi) is 4.59. The van der Waals surface area contributed by atoms with E-state index in [-0.39, 0.29) is 5.82 Å². The Morgan fingerprint density at radius 1 is 1.00 bits per heavy atom. The number of phenols is 1. The summed E-state index contributed by atoms with van der Waals surface area (Å²) in [5.41, 5.74) is 1.54. The topological polar surface area (TPSA) is 43.7 Å². The van der Waals surface area contributed by atoms with Crippen LogP contribution in [0.2, 0.25) is 0 Å². The molecule has 3 nitrogen and oxygen atoms in total. The molecule has 2 N–H and O–H groups in total. The van der Waals surface area contributed by atoms with Crippen LogP contribution >= 0.6 is 0 Å². The number of hydrogen-bond acceptors (Lipinski definition) is 3. The Labute approximate surface area is 133 Å². The van der Waals surface area contributed by atoms with Crippen molar-refractivity contribution in [2.24, 2.45) is 0 Å². The predicted molar refractivity (Wildman–Crippen MR) is 83.0 cm³/mol. The van der Waals surface area contributed by atoms with E-state index >= 15 is 0 Å². The summed E-state index contributed by atoms with van der Waals surface area (Å²) in [7, 11) is 0. The standard InChI is InChI=1S/C18H19F2NO2/c19-15-4-1-12(2-5-15)13-7-9-21(10-8-13)18(23)14-3-6-17(22)16(20)11-14/h1-6,11,13,18,22-23H,7-10H2. The summed E-state index contributed by atoms with van der Waals surface area (Å²) in [6.07, 6.45) is 0.811. The van der Waals surface area contributed by atoms with Gasteiger partial charge in [0.15, 0.2) is 11.6 Å². The highest BCUT2D eigenvalue weighted by Gasteiger charge is 2.26. The number of likely N-dealkylation sites (tertiary alicyclic amines) is 1. The highest BCUT2D eigenvalue weighted by Crippen LogP contribution is 2.32. The van der Waals surface area contributed by atoms with Crippen molar-refractivity contribution in [1.82, 2.24) is 4.90 Å². The highest BCUT2D eigenvalue weighted by molar-refractivity contribution is 5.29. The molecule has 1 saturated heterocycles. The van der Waals surface area contributed by atoms with E-state index in [2.05, 4.69) is 0 Å². The van der Waals surface area contributed by atoms with Crippen molar-refractivity contribution in [2.75, 3.05) is 13.1 Å². The molecule has 122 valence electrons. The van der Waals surface area contributed by atoms with Crippen LogP contribution in [0.25, 0.3) is 0 Å². The SMILES string of the molecule is Oc1ccc(C(O)N2CCC(c3ccc(F)cc3)CC2)cc1F. The minimum atomic E-state index is -0.890. The van der Waals surface area contributed by atoms with E-state index < -0.39 is 17.8 Å². The van der Waals surface area contributed by atoms with Crippen LogP contribution in [0.15, 0.2) is 42.5 Å². The number of phenolic OH excluding ortho intramolecular Hbond substituents is 1. The zero-order valence-corrected chi connectivity index (χ0v) is 12.6. The minimum Gasteiger partial charge on any atom is -0.505 e. The molecule has 0 spiro atoms. The number of aliphatic hydroxyl groups excluding tert-OH is 1. The molecule has 0 bridgehead atoms. The Bertz CT molecular complexity index is 667. The number of nitrogens with zero attached hydrogens (tertiary/aromatic N) is 1. The lowest BCUT2D eigenvalue weighted by Gasteiger charge is -2.35. The monoisotopic (exact) mass is 319 g/mol. The molecule has 2 aromatic carbocycles. The molecule has 1 unspecified atom stereocenters. The molecule has 5 heteroatoms. The van der Waals surface area contributed by atoms with Gasteiger partial charge in [0.1, 0.15) is 12.0 Å². The Balaban J connectivity index is 1.63. The van der Waals surface area contributed by atoms with Gasteiger partial charge >= 0.3 is 0 Å². The molecular weight excluding hydrogens is 300 g/mol. The van der Waals surface area contributed by atoms with E-state index in [1.54, 1.807) is 12.1 Å². The van der Waals surface area contributed by atoms with Crippen molar-refractivity contribution in [3.05, 3.63) is 65.2 Å². The summed E-state index contributed by atoms with van der Waals surface area (Å²) >= 11 is 0. The van der Waals surface area contributed by atoms with Gasteiger partial charge in [-0.15, -0.1) is 0 Å². The average molecular weight is 319 g/mol. The van der Waals surface area contributed by atoms with Crippen molar-refractivity contribution in [2.45, 2.75) is 25.0 Å². The first-order valence-corrected chi connectivity index (χ1v) is 7.70. The molecule has 0 radical (unpaired) electrons. The third-order valence-corrected chi connectivity index (χ3v) is 4.49. The first-order chi connectivity index (χ1) is 11.0. The van der Waals surface area contributed by atoms with Crippen LogP contribution < -0.4 is 0 Å². The van der Waals surface area contributed by atoms with E-state index in [0.29, 0.717) is 24.6 Å². The van der Waals surface area contributed by atoms with Crippen LogP contribution in [0.3, 0.4) is 0 Å². The molecule has 0 aliphatic carbocycles. The van der Waals surface area contributed by atoms with Crippen LogP contribution in [0.1, 0.15) is 36.1 Å². The highest BCUT2D eigenvalue weighted by atomic mass is 19.1. The smallest absolute Gasteiger partial charge is 0.165 e. The summed E-state index contributed by atoms with van der Waals surface area (Å²) in [5.74, 6) is -1.05. The van der Waals surface area contributed by atoms with Gasteiger partial charge in [0.2, 0.25) is 0 Å². The number of aliphatic hydroxyl groups is 1. The van der Waals surface area contributed by atoms with Crippen molar-refractivity contribution in [1.29, 1.82) is 0 Å². The average Bonchev–Trinajstić information content (AvgIpc) is 2.57. The molecule has 0 amide bonds. The molecule has 1 fully saturated rings. The van der Waals surface area contributed by atoms with E-state index in [1.165, 1.54) is 24.3 Å². The molecule has 3 rings (SSSR count). The summed E-state index contributed by atoms with van der Waals surface area (Å²) in [4.78, 5) is 1.88. The fraction of sp³-hybridized carbons (Fsp3) is 0.333. The normalized spacial score (nSPS) is 18.0. The van der Waals surface area contributed by atoms with Crippen molar-refractivity contribution in [3.63, 3.8) is 0 Å².